The molecule has 0 aliphatic rings. The average Bonchev–Trinajstić information content (AvgIpc) is 3.36. The molecular formula is C21H22F3N3OS2. The smallest absolute Gasteiger partial charge is 0.337 e. The van der Waals surface area contributed by atoms with Crippen molar-refractivity contribution >= 4 is 28.6 Å². The number of amides is 1. The van der Waals surface area contributed by atoms with Gasteiger partial charge in [0, 0.05) is 25.0 Å². The molecular weight excluding hydrogens is 431 g/mol. The lowest BCUT2D eigenvalue weighted by molar-refractivity contribution is -0.137. The van der Waals surface area contributed by atoms with Crippen LogP contribution in [0.2, 0.25) is 0 Å². The summed E-state index contributed by atoms with van der Waals surface area (Å²) in [6.45, 7) is 1.16. The van der Waals surface area contributed by atoms with Gasteiger partial charge in [0.1, 0.15) is 5.01 Å². The second-order valence-electron chi connectivity index (χ2n) is 7.11. The Morgan fingerprint density at radius 1 is 1.10 bits per heavy atom. The first-order chi connectivity index (χ1) is 14.2. The molecule has 1 amide bonds. The van der Waals surface area contributed by atoms with Gasteiger partial charge in [0.15, 0.2) is 0 Å². The minimum atomic E-state index is -4.41. The molecule has 9 heteroatoms. The van der Waals surface area contributed by atoms with E-state index in [1.807, 2.05) is 41.9 Å². The lowest BCUT2D eigenvalue weighted by Crippen LogP contribution is -2.37. The molecule has 0 N–H and O–H groups in total. The Balaban J connectivity index is 1.73. The molecule has 2 heterocycles. The summed E-state index contributed by atoms with van der Waals surface area (Å²) in [5.74, 6) is -0.155. The molecule has 0 spiro atoms. The number of alkyl halides is 3. The van der Waals surface area contributed by atoms with Gasteiger partial charge in [-0.2, -0.15) is 13.2 Å². The molecule has 4 nitrogen and oxygen atoms in total. The van der Waals surface area contributed by atoms with Crippen LogP contribution in [0.5, 0.6) is 0 Å². The van der Waals surface area contributed by atoms with Gasteiger partial charge in [0.25, 0.3) is 0 Å². The first-order valence-electron chi connectivity index (χ1n) is 9.29. The Morgan fingerprint density at radius 3 is 2.57 bits per heavy atom. The Hall–Kier alpha value is -2.23. The number of likely N-dealkylation sites (N-methyl/N-ethyl adjacent to an activating group) is 1. The predicted molar refractivity (Wildman–Crippen MR) is 115 cm³/mol. The van der Waals surface area contributed by atoms with Gasteiger partial charge in [0.2, 0.25) is 5.91 Å². The third kappa shape index (κ3) is 6.13. The molecule has 0 atom stereocenters. The van der Waals surface area contributed by atoms with Gasteiger partial charge >= 0.3 is 6.18 Å². The summed E-state index contributed by atoms with van der Waals surface area (Å²) >= 11 is 3.07. The maximum atomic E-state index is 13.0. The average molecular weight is 454 g/mol. The van der Waals surface area contributed by atoms with Crippen molar-refractivity contribution in [3.63, 3.8) is 0 Å². The molecule has 1 aromatic carbocycles. The van der Waals surface area contributed by atoms with E-state index in [4.69, 9.17) is 0 Å². The number of carbonyl (C=O) groups is 1. The van der Waals surface area contributed by atoms with Crippen LogP contribution in [0.25, 0.3) is 9.88 Å². The van der Waals surface area contributed by atoms with Gasteiger partial charge in [-0.1, -0.05) is 18.2 Å². The standard InChI is InChI=1S/C21H22F3N3OS2/c1-26(2)8-9-27(13-15-5-3-6-16(11-15)21(22,23)24)19(28)12-17-14-30-20(25-17)18-7-4-10-29-18/h3-7,10-11,14H,8-9,12-13H2,1-2H3. The summed E-state index contributed by atoms with van der Waals surface area (Å²) in [5.41, 5.74) is 0.418. The van der Waals surface area contributed by atoms with Crippen molar-refractivity contribution in [3.05, 3.63) is 64.0 Å². The highest BCUT2D eigenvalue weighted by Crippen LogP contribution is 2.30. The van der Waals surface area contributed by atoms with E-state index in [9.17, 15) is 18.0 Å². The Kier molecular flexibility index (Phi) is 7.27. The van der Waals surface area contributed by atoms with Crippen LogP contribution >= 0.6 is 22.7 Å². The van der Waals surface area contributed by atoms with Crippen LogP contribution in [0.1, 0.15) is 16.8 Å². The van der Waals surface area contributed by atoms with E-state index < -0.39 is 11.7 Å². The maximum absolute atomic E-state index is 13.0. The van der Waals surface area contributed by atoms with E-state index in [1.54, 1.807) is 22.3 Å². The van der Waals surface area contributed by atoms with Crippen LogP contribution in [-0.4, -0.2) is 47.9 Å². The molecule has 2 aromatic heterocycles. The van der Waals surface area contributed by atoms with E-state index in [-0.39, 0.29) is 18.9 Å². The number of benzene rings is 1. The number of aromatic nitrogens is 1. The molecule has 0 aliphatic carbocycles. The molecule has 0 aliphatic heterocycles. The molecule has 0 saturated carbocycles. The first kappa shape index (κ1) is 22.5. The van der Waals surface area contributed by atoms with E-state index in [0.717, 1.165) is 22.0 Å². The minimum absolute atomic E-state index is 0.119. The van der Waals surface area contributed by atoms with E-state index in [2.05, 4.69) is 4.98 Å². The van der Waals surface area contributed by atoms with Crippen LogP contribution in [0, 0.1) is 0 Å². The maximum Gasteiger partial charge on any atom is 0.416 e. The fourth-order valence-corrected chi connectivity index (χ4v) is 4.48. The van der Waals surface area contributed by atoms with Gasteiger partial charge < -0.3 is 9.80 Å². The summed E-state index contributed by atoms with van der Waals surface area (Å²) in [6.07, 6.45) is -4.29. The van der Waals surface area contributed by atoms with Crippen LogP contribution in [0.15, 0.2) is 47.2 Å². The number of hydrogen-bond donors (Lipinski definition) is 0. The molecule has 0 bridgehead atoms. The number of carbonyl (C=O) groups excluding carboxylic acids is 1. The molecule has 3 aromatic rings. The first-order valence-corrected chi connectivity index (χ1v) is 11.1. The zero-order valence-electron chi connectivity index (χ0n) is 16.6. The summed E-state index contributed by atoms with van der Waals surface area (Å²) in [6, 6.07) is 9.06. The zero-order chi connectivity index (χ0) is 21.7. The monoisotopic (exact) mass is 453 g/mol. The largest absolute Gasteiger partial charge is 0.416 e. The van der Waals surface area contributed by atoms with Crippen molar-refractivity contribution in [2.75, 3.05) is 27.2 Å². The van der Waals surface area contributed by atoms with Crippen LogP contribution in [-0.2, 0) is 23.9 Å². The fraction of sp³-hybridized carbons (Fsp3) is 0.333. The highest BCUT2D eigenvalue weighted by atomic mass is 32.1. The number of halogens is 3. The molecule has 3 rings (SSSR count). The predicted octanol–water partition coefficient (Wildman–Crippen LogP) is 5.02. The number of rotatable bonds is 8. The SMILES string of the molecule is CN(C)CCN(Cc1cccc(C(F)(F)F)c1)C(=O)Cc1csc(-c2cccs2)n1. The van der Waals surface area contributed by atoms with Gasteiger partial charge in [0.05, 0.1) is 22.6 Å². The second kappa shape index (κ2) is 9.72. The molecule has 0 unspecified atom stereocenters. The van der Waals surface area contributed by atoms with Crippen molar-refractivity contribution in [3.8, 4) is 9.88 Å². The molecule has 30 heavy (non-hydrogen) atoms. The van der Waals surface area contributed by atoms with Gasteiger partial charge in [-0.05, 0) is 43.2 Å². The minimum Gasteiger partial charge on any atom is -0.337 e. The van der Waals surface area contributed by atoms with Crippen LogP contribution in [0.3, 0.4) is 0 Å². The topological polar surface area (TPSA) is 36.4 Å². The fourth-order valence-electron chi connectivity index (χ4n) is 2.85. The van der Waals surface area contributed by atoms with Gasteiger partial charge in [-0.3, -0.25) is 4.79 Å². The summed E-state index contributed by atoms with van der Waals surface area (Å²) in [7, 11) is 3.78. The third-order valence-electron chi connectivity index (χ3n) is 4.41. The third-order valence-corrected chi connectivity index (χ3v) is 6.34. The van der Waals surface area contributed by atoms with Crippen LogP contribution < -0.4 is 0 Å². The molecule has 160 valence electrons. The van der Waals surface area contributed by atoms with Gasteiger partial charge in [-0.15, -0.1) is 22.7 Å². The Morgan fingerprint density at radius 2 is 1.90 bits per heavy atom. The molecule has 0 fully saturated rings. The Bertz CT molecular complexity index is 968. The molecule has 0 radical (unpaired) electrons. The van der Waals surface area contributed by atoms with Crippen molar-refractivity contribution < 1.29 is 18.0 Å². The number of thiophene rings is 1. The lowest BCUT2D eigenvalue weighted by Gasteiger charge is -2.25. The van der Waals surface area contributed by atoms with Crippen molar-refractivity contribution in [2.45, 2.75) is 19.1 Å². The van der Waals surface area contributed by atoms with Crippen molar-refractivity contribution in [1.82, 2.24) is 14.8 Å². The van der Waals surface area contributed by atoms with Crippen molar-refractivity contribution in [1.29, 1.82) is 0 Å². The highest BCUT2D eigenvalue weighted by molar-refractivity contribution is 7.20. The van der Waals surface area contributed by atoms with Crippen molar-refractivity contribution in [2.24, 2.45) is 0 Å². The number of hydrogen-bond acceptors (Lipinski definition) is 5. The van der Waals surface area contributed by atoms with E-state index in [0.29, 0.717) is 24.3 Å². The quantitative estimate of drug-likeness (QED) is 0.480. The normalized spacial score (nSPS) is 11.8. The van der Waals surface area contributed by atoms with Crippen LogP contribution in [0.4, 0.5) is 13.2 Å². The lowest BCUT2D eigenvalue weighted by atomic mass is 10.1. The number of thiazole rings is 1. The molecule has 0 saturated heterocycles. The highest BCUT2D eigenvalue weighted by Gasteiger charge is 2.30. The number of nitrogens with zero attached hydrogens (tertiary/aromatic N) is 3. The van der Waals surface area contributed by atoms with E-state index >= 15 is 0 Å². The van der Waals surface area contributed by atoms with E-state index in [1.165, 1.54) is 17.4 Å². The summed E-state index contributed by atoms with van der Waals surface area (Å²) in [4.78, 5) is 22.1. The zero-order valence-corrected chi connectivity index (χ0v) is 18.3. The van der Waals surface area contributed by atoms with Gasteiger partial charge in [-0.25, -0.2) is 4.98 Å². The summed E-state index contributed by atoms with van der Waals surface area (Å²) < 4.78 is 39.1. The Labute approximate surface area is 181 Å². The second-order valence-corrected chi connectivity index (χ2v) is 8.92. The summed E-state index contributed by atoms with van der Waals surface area (Å²) in [5, 5.41) is 4.70.